The molecule has 1 unspecified atom stereocenters. The molecule has 0 saturated heterocycles. The smallest absolute Gasteiger partial charge is 0.119 e. The number of nitrogens with two attached hydrogens (primary N) is 1. The van der Waals surface area contributed by atoms with Crippen molar-refractivity contribution in [2.24, 2.45) is 5.73 Å². The fourth-order valence-electron chi connectivity index (χ4n) is 2.16. The van der Waals surface area contributed by atoms with Gasteiger partial charge < -0.3 is 15.2 Å². The molecule has 0 aliphatic heterocycles. The van der Waals surface area contributed by atoms with Gasteiger partial charge in [0.25, 0.3) is 0 Å². The third-order valence-corrected chi connectivity index (χ3v) is 3.46. The Kier molecular flexibility index (Phi) is 9.09. The molecule has 1 atom stereocenters. The molecule has 114 valence electrons. The summed E-state index contributed by atoms with van der Waals surface area (Å²) in [4.78, 5) is 0. The van der Waals surface area contributed by atoms with E-state index in [0.29, 0.717) is 6.61 Å². The first kappa shape index (κ1) is 17.0. The van der Waals surface area contributed by atoms with Crippen LogP contribution in [0.1, 0.15) is 57.1 Å². The average Bonchev–Trinajstić information content (AvgIpc) is 2.49. The van der Waals surface area contributed by atoms with Gasteiger partial charge in [0.05, 0.1) is 19.8 Å². The molecular formula is C17H29NO2. The topological polar surface area (TPSA) is 44.5 Å². The van der Waals surface area contributed by atoms with Crippen molar-refractivity contribution in [1.82, 2.24) is 0 Å². The molecule has 20 heavy (non-hydrogen) atoms. The van der Waals surface area contributed by atoms with Crippen LogP contribution in [0.25, 0.3) is 0 Å². The summed E-state index contributed by atoms with van der Waals surface area (Å²) in [5.74, 6) is 0.842. The molecular weight excluding hydrogens is 250 g/mol. The molecule has 2 N–H and O–H groups in total. The molecule has 0 spiro atoms. The molecule has 3 nitrogen and oxygen atoms in total. The zero-order chi connectivity index (χ0) is 14.6. The van der Waals surface area contributed by atoms with Crippen molar-refractivity contribution in [3.8, 4) is 5.75 Å². The van der Waals surface area contributed by atoms with Crippen LogP contribution in [0.5, 0.6) is 5.75 Å². The highest BCUT2D eigenvalue weighted by Crippen LogP contribution is 2.17. The molecule has 3 heteroatoms. The number of unbranched alkanes of at least 4 members (excludes halogenated alkanes) is 5. The largest absolute Gasteiger partial charge is 0.497 e. The van der Waals surface area contributed by atoms with Crippen molar-refractivity contribution in [2.45, 2.75) is 51.5 Å². The van der Waals surface area contributed by atoms with Crippen molar-refractivity contribution >= 4 is 0 Å². The summed E-state index contributed by atoms with van der Waals surface area (Å²) >= 11 is 0. The first-order valence-electron chi connectivity index (χ1n) is 7.75. The fourth-order valence-corrected chi connectivity index (χ4v) is 2.16. The van der Waals surface area contributed by atoms with Crippen LogP contribution >= 0.6 is 0 Å². The summed E-state index contributed by atoms with van der Waals surface area (Å²) in [6.07, 6.45) is 7.70. The Morgan fingerprint density at radius 1 is 1.10 bits per heavy atom. The van der Waals surface area contributed by atoms with E-state index >= 15 is 0 Å². The normalized spacial score (nSPS) is 12.3. The van der Waals surface area contributed by atoms with Crippen LogP contribution in [0.2, 0.25) is 0 Å². The lowest BCUT2D eigenvalue weighted by Crippen LogP contribution is -2.17. The van der Waals surface area contributed by atoms with Crippen molar-refractivity contribution < 1.29 is 9.47 Å². The van der Waals surface area contributed by atoms with Crippen LogP contribution < -0.4 is 10.5 Å². The molecule has 0 heterocycles. The van der Waals surface area contributed by atoms with Gasteiger partial charge in [-0.1, -0.05) is 51.2 Å². The zero-order valence-corrected chi connectivity index (χ0v) is 12.9. The molecule has 0 fully saturated rings. The van der Waals surface area contributed by atoms with Gasteiger partial charge in [-0.3, -0.25) is 0 Å². The number of ether oxygens (including phenoxy) is 2. The second-order valence-electron chi connectivity index (χ2n) is 5.23. The molecule has 0 aliphatic rings. The standard InChI is InChI=1S/C17H29NO2/c1-3-4-5-6-7-8-12-20-14-17(18)15-10-9-11-16(13-15)19-2/h9-11,13,17H,3-8,12,14,18H2,1-2H3. The van der Waals surface area contributed by atoms with Crippen LogP contribution in [0, 0.1) is 0 Å². The van der Waals surface area contributed by atoms with E-state index in [-0.39, 0.29) is 6.04 Å². The number of methoxy groups -OCH3 is 1. The Hall–Kier alpha value is -1.06. The van der Waals surface area contributed by atoms with Gasteiger partial charge >= 0.3 is 0 Å². The highest BCUT2D eigenvalue weighted by molar-refractivity contribution is 5.30. The molecule has 0 bridgehead atoms. The van der Waals surface area contributed by atoms with E-state index in [2.05, 4.69) is 6.92 Å². The van der Waals surface area contributed by atoms with Gasteiger partial charge in [-0.25, -0.2) is 0 Å². The van der Waals surface area contributed by atoms with Crippen molar-refractivity contribution in [1.29, 1.82) is 0 Å². The summed E-state index contributed by atoms with van der Waals surface area (Å²) < 4.78 is 10.9. The Balaban J connectivity index is 2.12. The predicted molar refractivity (Wildman–Crippen MR) is 84.1 cm³/mol. The van der Waals surface area contributed by atoms with Crippen molar-refractivity contribution in [2.75, 3.05) is 20.3 Å². The Labute approximate surface area is 123 Å². The molecule has 0 aromatic heterocycles. The van der Waals surface area contributed by atoms with Gasteiger partial charge in [0.2, 0.25) is 0 Å². The lowest BCUT2D eigenvalue weighted by Gasteiger charge is -2.13. The van der Waals surface area contributed by atoms with E-state index in [1.165, 1.54) is 32.1 Å². The minimum absolute atomic E-state index is 0.0785. The summed E-state index contributed by atoms with van der Waals surface area (Å²) in [7, 11) is 1.67. The summed E-state index contributed by atoms with van der Waals surface area (Å²) in [5, 5.41) is 0. The lowest BCUT2D eigenvalue weighted by molar-refractivity contribution is 0.117. The summed E-state index contributed by atoms with van der Waals surface area (Å²) in [6, 6.07) is 7.79. The van der Waals surface area contributed by atoms with Gasteiger partial charge in [-0.2, -0.15) is 0 Å². The second-order valence-corrected chi connectivity index (χ2v) is 5.23. The number of hydrogen-bond donors (Lipinski definition) is 1. The van der Waals surface area contributed by atoms with Gasteiger partial charge in [-0.05, 0) is 24.1 Å². The first-order chi connectivity index (χ1) is 9.77. The van der Waals surface area contributed by atoms with Gasteiger partial charge in [0.15, 0.2) is 0 Å². The van der Waals surface area contributed by atoms with Crippen molar-refractivity contribution in [3.05, 3.63) is 29.8 Å². The molecule has 1 rings (SSSR count). The van der Waals surface area contributed by atoms with Crippen LogP contribution in [0.3, 0.4) is 0 Å². The van der Waals surface area contributed by atoms with E-state index in [9.17, 15) is 0 Å². The fraction of sp³-hybridized carbons (Fsp3) is 0.647. The maximum Gasteiger partial charge on any atom is 0.119 e. The quantitative estimate of drug-likeness (QED) is 0.621. The minimum atomic E-state index is -0.0785. The van der Waals surface area contributed by atoms with E-state index in [4.69, 9.17) is 15.2 Å². The van der Waals surface area contributed by atoms with Crippen LogP contribution in [0.4, 0.5) is 0 Å². The van der Waals surface area contributed by atoms with E-state index in [1.807, 2.05) is 24.3 Å². The minimum Gasteiger partial charge on any atom is -0.497 e. The molecule has 0 amide bonds. The monoisotopic (exact) mass is 279 g/mol. The van der Waals surface area contributed by atoms with Crippen LogP contribution in [0.15, 0.2) is 24.3 Å². The van der Waals surface area contributed by atoms with E-state index in [1.54, 1.807) is 7.11 Å². The van der Waals surface area contributed by atoms with E-state index < -0.39 is 0 Å². The van der Waals surface area contributed by atoms with E-state index in [0.717, 1.165) is 24.3 Å². The highest BCUT2D eigenvalue weighted by atomic mass is 16.5. The number of hydrogen-bond acceptors (Lipinski definition) is 3. The van der Waals surface area contributed by atoms with Gasteiger partial charge in [0.1, 0.15) is 5.75 Å². The lowest BCUT2D eigenvalue weighted by atomic mass is 10.1. The first-order valence-corrected chi connectivity index (χ1v) is 7.75. The highest BCUT2D eigenvalue weighted by Gasteiger charge is 2.06. The average molecular weight is 279 g/mol. The Bertz CT molecular complexity index is 355. The van der Waals surface area contributed by atoms with Gasteiger partial charge in [0, 0.05) is 6.61 Å². The Morgan fingerprint density at radius 2 is 1.85 bits per heavy atom. The SMILES string of the molecule is CCCCCCCCOCC(N)c1cccc(OC)c1. The third-order valence-electron chi connectivity index (χ3n) is 3.46. The number of rotatable bonds is 11. The predicted octanol–water partition coefficient (Wildman–Crippen LogP) is 4.07. The molecule has 0 saturated carbocycles. The molecule has 0 radical (unpaired) electrons. The molecule has 1 aromatic carbocycles. The Morgan fingerprint density at radius 3 is 2.60 bits per heavy atom. The summed E-state index contributed by atoms with van der Waals surface area (Å²) in [6.45, 7) is 3.62. The summed E-state index contributed by atoms with van der Waals surface area (Å²) in [5.41, 5.74) is 7.18. The number of benzene rings is 1. The van der Waals surface area contributed by atoms with Crippen LogP contribution in [-0.2, 0) is 4.74 Å². The third kappa shape index (κ3) is 6.92. The second kappa shape index (κ2) is 10.7. The van der Waals surface area contributed by atoms with Crippen molar-refractivity contribution in [3.63, 3.8) is 0 Å². The maximum atomic E-state index is 6.12. The molecule has 1 aromatic rings. The van der Waals surface area contributed by atoms with Crippen LogP contribution in [-0.4, -0.2) is 20.3 Å². The van der Waals surface area contributed by atoms with Gasteiger partial charge in [-0.15, -0.1) is 0 Å². The molecule has 0 aliphatic carbocycles. The zero-order valence-electron chi connectivity index (χ0n) is 12.9. The maximum absolute atomic E-state index is 6.12.